The number of hydrogen-bond donors (Lipinski definition) is 1. The van der Waals surface area contributed by atoms with E-state index in [-0.39, 0.29) is 11.6 Å². The summed E-state index contributed by atoms with van der Waals surface area (Å²) in [5, 5.41) is 1.05. The quantitative estimate of drug-likeness (QED) is 0.543. The molecule has 0 saturated heterocycles. The standard InChI is InChI=1S/C21H27FN4O2S/c1-14-15(2)29-21-19(14)20(24-18(25-21)8-9-23)26(10-12-27-3)11-13-28-17-7-5-4-6-16(17)22/h4-7H,8-13,23H2,1-3H3. The Labute approximate surface area is 174 Å². The van der Waals surface area contributed by atoms with Gasteiger partial charge in [0.2, 0.25) is 0 Å². The van der Waals surface area contributed by atoms with E-state index in [1.807, 2.05) is 0 Å². The third kappa shape index (κ3) is 5.01. The normalized spacial score (nSPS) is 11.2. The molecule has 2 heterocycles. The van der Waals surface area contributed by atoms with Crippen molar-refractivity contribution in [3.8, 4) is 5.75 Å². The van der Waals surface area contributed by atoms with Crippen LogP contribution in [0.2, 0.25) is 0 Å². The third-order valence-electron chi connectivity index (χ3n) is 4.74. The lowest BCUT2D eigenvalue weighted by atomic mass is 10.2. The fourth-order valence-electron chi connectivity index (χ4n) is 3.09. The van der Waals surface area contributed by atoms with Crippen molar-refractivity contribution < 1.29 is 13.9 Å². The first-order chi connectivity index (χ1) is 14.0. The number of aromatic nitrogens is 2. The first-order valence-corrected chi connectivity index (χ1v) is 10.4. The number of fused-ring (bicyclic) bond motifs is 1. The molecule has 1 aromatic carbocycles. The number of para-hydroxylation sites is 1. The number of aryl methyl sites for hydroxylation is 2. The van der Waals surface area contributed by atoms with Crippen LogP contribution in [0.3, 0.4) is 0 Å². The molecule has 0 fully saturated rings. The summed E-state index contributed by atoms with van der Waals surface area (Å²) in [4.78, 5) is 13.8. The Morgan fingerprint density at radius 1 is 1.14 bits per heavy atom. The van der Waals surface area contributed by atoms with E-state index < -0.39 is 0 Å². The van der Waals surface area contributed by atoms with Gasteiger partial charge in [0.25, 0.3) is 0 Å². The average molecular weight is 419 g/mol. The van der Waals surface area contributed by atoms with Crippen LogP contribution in [0.5, 0.6) is 5.75 Å². The van der Waals surface area contributed by atoms with Gasteiger partial charge in [-0.2, -0.15) is 0 Å². The van der Waals surface area contributed by atoms with E-state index in [4.69, 9.17) is 25.2 Å². The predicted octanol–water partition coefficient (Wildman–Crippen LogP) is 3.48. The van der Waals surface area contributed by atoms with Gasteiger partial charge in [0, 0.05) is 25.0 Å². The van der Waals surface area contributed by atoms with Gasteiger partial charge in [-0.05, 0) is 38.1 Å². The second-order valence-corrected chi connectivity index (χ2v) is 7.93. The summed E-state index contributed by atoms with van der Waals surface area (Å²) >= 11 is 1.67. The molecule has 2 N–H and O–H groups in total. The maximum atomic E-state index is 13.9. The minimum Gasteiger partial charge on any atom is -0.489 e. The Kier molecular flexibility index (Phi) is 7.35. The first-order valence-electron chi connectivity index (χ1n) is 9.63. The highest BCUT2D eigenvalue weighted by Gasteiger charge is 2.19. The molecule has 0 amide bonds. The third-order valence-corrected chi connectivity index (χ3v) is 5.85. The molecular weight excluding hydrogens is 391 g/mol. The zero-order chi connectivity index (χ0) is 20.8. The number of halogens is 1. The van der Waals surface area contributed by atoms with Gasteiger partial charge in [0.15, 0.2) is 11.6 Å². The van der Waals surface area contributed by atoms with Gasteiger partial charge in [-0.1, -0.05) is 12.1 Å². The number of ether oxygens (including phenoxy) is 2. The van der Waals surface area contributed by atoms with Crippen LogP contribution in [0, 0.1) is 19.7 Å². The molecule has 0 saturated carbocycles. The van der Waals surface area contributed by atoms with E-state index in [1.54, 1.807) is 36.6 Å². The van der Waals surface area contributed by atoms with Crippen molar-refractivity contribution in [3.05, 3.63) is 46.3 Å². The molecule has 0 aliphatic carbocycles. The Morgan fingerprint density at radius 3 is 2.62 bits per heavy atom. The minimum atomic E-state index is -0.366. The largest absolute Gasteiger partial charge is 0.489 e. The Bertz CT molecular complexity index is 963. The summed E-state index contributed by atoms with van der Waals surface area (Å²) in [7, 11) is 1.67. The van der Waals surface area contributed by atoms with Crippen molar-refractivity contribution in [2.24, 2.45) is 5.73 Å². The molecule has 156 valence electrons. The number of anilines is 1. The average Bonchev–Trinajstić information content (AvgIpc) is 2.99. The van der Waals surface area contributed by atoms with Crippen LogP contribution in [-0.2, 0) is 11.2 Å². The van der Waals surface area contributed by atoms with Gasteiger partial charge >= 0.3 is 0 Å². The van der Waals surface area contributed by atoms with Gasteiger partial charge in [-0.15, -0.1) is 11.3 Å². The molecule has 0 aliphatic heterocycles. The summed E-state index contributed by atoms with van der Waals surface area (Å²) in [5.74, 6) is 1.47. The number of nitrogens with zero attached hydrogens (tertiary/aromatic N) is 3. The zero-order valence-electron chi connectivity index (χ0n) is 17.1. The van der Waals surface area contributed by atoms with Crippen molar-refractivity contribution in [1.82, 2.24) is 9.97 Å². The lowest BCUT2D eigenvalue weighted by molar-refractivity contribution is 0.203. The Morgan fingerprint density at radius 2 is 1.90 bits per heavy atom. The van der Waals surface area contributed by atoms with E-state index in [2.05, 4.69) is 18.7 Å². The lowest BCUT2D eigenvalue weighted by Gasteiger charge is -2.25. The van der Waals surface area contributed by atoms with Crippen molar-refractivity contribution in [3.63, 3.8) is 0 Å². The number of thiophene rings is 1. The molecule has 0 aliphatic rings. The first kappa shape index (κ1) is 21.4. The van der Waals surface area contributed by atoms with Gasteiger partial charge in [-0.3, -0.25) is 0 Å². The number of nitrogens with two attached hydrogens (primary N) is 1. The predicted molar refractivity (Wildman–Crippen MR) is 116 cm³/mol. The molecule has 0 spiro atoms. The number of hydrogen-bond acceptors (Lipinski definition) is 7. The summed E-state index contributed by atoms with van der Waals surface area (Å²) in [6.07, 6.45) is 0.614. The highest BCUT2D eigenvalue weighted by atomic mass is 32.1. The second-order valence-electron chi connectivity index (χ2n) is 6.72. The van der Waals surface area contributed by atoms with Crippen molar-refractivity contribution >= 4 is 27.4 Å². The van der Waals surface area contributed by atoms with E-state index in [1.165, 1.54) is 16.5 Å². The van der Waals surface area contributed by atoms with Crippen LogP contribution < -0.4 is 15.4 Å². The van der Waals surface area contributed by atoms with E-state index in [0.29, 0.717) is 39.3 Å². The molecule has 29 heavy (non-hydrogen) atoms. The fourth-order valence-corrected chi connectivity index (χ4v) is 4.14. The molecular formula is C21H27FN4O2S. The number of methoxy groups -OCH3 is 1. The van der Waals surface area contributed by atoms with Crippen LogP contribution in [0.1, 0.15) is 16.3 Å². The second kappa shape index (κ2) is 9.96. The van der Waals surface area contributed by atoms with Crippen LogP contribution in [-0.4, -0.2) is 49.9 Å². The van der Waals surface area contributed by atoms with Crippen LogP contribution >= 0.6 is 11.3 Å². The van der Waals surface area contributed by atoms with Crippen molar-refractivity contribution in [1.29, 1.82) is 0 Å². The number of rotatable bonds is 10. The van der Waals surface area contributed by atoms with Crippen LogP contribution in [0.25, 0.3) is 10.2 Å². The summed E-state index contributed by atoms with van der Waals surface area (Å²) in [5.41, 5.74) is 6.92. The van der Waals surface area contributed by atoms with Crippen LogP contribution in [0.15, 0.2) is 24.3 Å². The lowest BCUT2D eigenvalue weighted by Crippen LogP contribution is -2.33. The molecule has 3 rings (SSSR count). The van der Waals surface area contributed by atoms with Gasteiger partial charge in [-0.25, -0.2) is 14.4 Å². The maximum Gasteiger partial charge on any atom is 0.165 e. The van der Waals surface area contributed by atoms with E-state index in [9.17, 15) is 4.39 Å². The smallest absolute Gasteiger partial charge is 0.165 e. The fraction of sp³-hybridized carbons (Fsp3) is 0.429. The molecule has 0 bridgehead atoms. The molecule has 3 aromatic rings. The van der Waals surface area contributed by atoms with Gasteiger partial charge in [0.05, 0.1) is 18.5 Å². The highest BCUT2D eigenvalue weighted by Crippen LogP contribution is 2.35. The van der Waals surface area contributed by atoms with E-state index >= 15 is 0 Å². The Balaban J connectivity index is 1.90. The topological polar surface area (TPSA) is 73.5 Å². The summed E-state index contributed by atoms with van der Waals surface area (Å²) < 4.78 is 24.8. The molecule has 8 heteroatoms. The molecule has 2 aromatic heterocycles. The Hall–Kier alpha value is -2.29. The zero-order valence-corrected chi connectivity index (χ0v) is 17.9. The van der Waals surface area contributed by atoms with Gasteiger partial charge in [0.1, 0.15) is 23.1 Å². The minimum absolute atomic E-state index is 0.249. The summed E-state index contributed by atoms with van der Waals surface area (Å²) in [6, 6.07) is 6.42. The maximum absolute atomic E-state index is 13.9. The molecule has 0 atom stereocenters. The van der Waals surface area contributed by atoms with Crippen molar-refractivity contribution in [2.75, 3.05) is 44.9 Å². The number of benzene rings is 1. The summed E-state index contributed by atoms with van der Waals surface area (Å²) in [6.45, 7) is 6.72. The van der Waals surface area contributed by atoms with E-state index in [0.717, 1.165) is 21.9 Å². The van der Waals surface area contributed by atoms with Crippen LogP contribution in [0.4, 0.5) is 10.2 Å². The highest BCUT2D eigenvalue weighted by molar-refractivity contribution is 7.18. The molecule has 0 unspecified atom stereocenters. The monoisotopic (exact) mass is 418 g/mol. The molecule has 0 radical (unpaired) electrons. The SMILES string of the molecule is COCCN(CCOc1ccccc1F)c1nc(CCN)nc2sc(C)c(C)c12. The molecule has 6 nitrogen and oxygen atoms in total. The van der Waals surface area contributed by atoms with Gasteiger partial charge < -0.3 is 20.1 Å². The van der Waals surface area contributed by atoms with Crippen molar-refractivity contribution in [2.45, 2.75) is 20.3 Å².